The first-order valence-corrected chi connectivity index (χ1v) is 8.31. The molecule has 0 aromatic heterocycles. The van der Waals surface area contributed by atoms with E-state index in [1.54, 1.807) is 12.1 Å². The topological polar surface area (TPSA) is 84.5 Å². The van der Waals surface area contributed by atoms with Crippen molar-refractivity contribution in [3.8, 4) is 0 Å². The SMILES string of the molecule is Cc1ccc(C(=O)NCC(=O)OC(C)C(=O)NCc2ccccc2)cc1. The van der Waals surface area contributed by atoms with E-state index in [9.17, 15) is 14.4 Å². The Morgan fingerprint density at radius 2 is 1.62 bits per heavy atom. The number of amides is 2. The van der Waals surface area contributed by atoms with E-state index in [1.807, 2.05) is 49.4 Å². The lowest BCUT2D eigenvalue weighted by molar-refractivity contribution is -0.153. The second-order valence-corrected chi connectivity index (χ2v) is 5.88. The monoisotopic (exact) mass is 354 g/mol. The quantitative estimate of drug-likeness (QED) is 0.745. The van der Waals surface area contributed by atoms with Gasteiger partial charge in [-0.3, -0.25) is 14.4 Å². The molecule has 0 aliphatic carbocycles. The van der Waals surface area contributed by atoms with E-state index < -0.39 is 18.0 Å². The number of esters is 1. The van der Waals surface area contributed by atoms with Gasteiger partial charge in [0.2, 0.25) is 0 Å². The van der Waals surface area contributed by atoms with Crippen LogP contribution < -0.4 is 10.6 Å². The van der Waals surface area contributed by atoms with Gasteiger partial charge in [-0.05, 0) is 31.5 Å². The van der Waals surface area contributed by atoms with Gasteiger partial charge in [0.05, 0.1) is 0 Å². The molecule has 6 heteroatoms. The fourth-order valence-corrected chi connectivity index (χ4v) is 2.18. The van der Waals surface area contributed by atoms with Gasteiger partial charge in [-0.1, -0.05) is 48.0 Å². The largest absolute Gasteiger partial charge is 0.451 e. The summed E-state index contributed by atoms with van der Waals surface area (Å²) in [5.41, 5.74) is 2.44. The number of hydrogen-bond acceptors (Lipinski definition) is 4. The number of aryl methyl sites for hydroxylation is 1. The van der Waals surface area contributed by atoms with Crippen molar-refractivity contribution in [2.24, 2.45) is 0 Å². The van der Waals surface area contributed by atoms with E-state index in [0.29, 0.717) is 12.1 Å². The first-order valence-electron chi connectivity index (χ1n) is 8.31. The molecule has 0 saturated heterocycles. The van der Waals surface area contributed by atoms with Crippen molar-refractivity contribution in [2.75, 3.05) is 6.54 Å². The number of rotatable bonds is 7. The van der Waals surface area contributed by atoms with Crippen LogP contribution in [0.25, 0.3) is 0 Å². The maximum absolute atomic E-state index is 12.0. The third kappa shape index (κ3) is 6.05. The van der Waals surface area contributed by atoms with Crippen LogP contribution in [0, 0.1) is 6.92 Å². The Hall–Kier alpha value is -3.15. The molecule has 0 fully saturated rings. The minimum Gasteiger partial charge on any atom is -0.451 e. The number of benzene rings is 2. The Kier molecular flexibility index (Phi) is 6.91. The molecule has 1 unspecified atom stereocenters. The summed E-state index contributed by atoms with van der Waals surface area (Å²) in [5.74, 6) is -1.44. The summed E-state index contributed by atoms with van der Waals surface area (Å²) in [6, 6.07) is 16.4. The molecule has 136 valence electrons. The molecular formula is C20H22N2O4. The summed E-state index contributed by atoms with van der Waals surface area (Å²) < 4.78 is 5.04. The summed E-state index contributed by atoms with van der Waals surface area (Å²) >= 11 is 0. The lowest BCUT2D eigenvalue weighted by atomic mass is 10.1. The number of carbonyl (C=O) groups is 3. The van der Waals surface area contributed by atoms with Crippen molar-refractivity contribution in [2.45, 2.75) is 26.5 Å². The summed E-state index contributed by atoms with van der Waals surface area (Å²) in [5, 5.41) is 5.17. The Bertz CT molecular complexity index is 757. The Morgan fingerprint density at radius 1 is 0.962 bits per heavy atom. The maximum atomic E-state index is 12.0. The minimum absolute atomic E-state index is 0.303. The first-order chi connectivity index (χ1) is 12.5. The van der Waals surface area contributed by atoms with Crippen molar-refractivity contribution < 1.29 is 19.1 Å². The smallest absolute Gasteiger partial charge is 0.326 e. The number of hydrogen-bond donors (Lipinski definition) is 2. The normalized spacial score (nSPS) is 11.3. The molecule has 2 aromatic carbocycles. The van der Waals surface area contributed by atoms with Crippen LogP contribution in [0.15, 0.2) is 54.6 Å². The summed E-state index contributed by atoms with van der Waals surface area (Å²) in [4.78, 5) is 35.7. The number of nitrogens with one attached hydrogen (secondary N) is 2. The van der Waals surface area contributed by atoms with Crippen LogP contribution in [0.3, 0.4) is 0 Å². The van der Waals surface area contributed by atoms with E-state index in [1.165, 1.54) is 6.92 Å². The van der Waals surface area contributed by atoms with Crippen LogP contribution in [0.5, 0.6) is 0 Å². The highest BCUT2D eigenvalue weighted by molar-refractivity contribution is 5.96. The highest BCUT2D eigenvalue weighted by Crippen LogP contribution is 2.03. The molecule has 2 rings (SSSR count). The third-order valence-electron chi connectivity index (χ3n) is 3.69. The van der Waals surface area contributed by atoms with E-state index in [2.05, 4.69) is 10.6 Å². The zero-order chi connectivity index (χ0) is 18.9. The zero-order valence-electron chi connectivity index (χ0n) is 14.8. The second kappa shape index (κ2) is 9.36. The van der Waals surface area contributed by atoms with Gasteiger partial charge >= 0.3 is 5.97 Å². The molecule has 2 N–H and O–H groups in total. The summed E-state index contributed by atoms with van der Waals surface area (Å²) in [6.45, 7) is 3.46. The van der Waals surface area contributed by atoms with Crippen molar-refractivity contribution in [3.63, 3.8) is 0 Å². The van der Waals surface area contributed by atoms with Crippen molar-refractivity contribution >= 4 is 17.8 Å². The molecule has 0 spiro atoms. The van der Waals surface area contributed by atoms with Gasteiger partial charge in [0, 0.05) is 12.1 Å². The van der Waals surface area contributed by atoms with Crippen molar-refractivity contribution in [1.29, 1.82) is 0 Å². The maximum Gasteiger partial charge on any atom is 0.326 e. The number of carbonyl (C=O) groups excluding carboxylic acids is 3. The molecule has 0 bridgehead atoms. The average molecular weight is 354 g/mol. The molecule has 2 amide bonds. The van der Waals surface area contributed by atoms with Crippen molar-refractivity contribution in [3.05, 3.63) is 71.3 Å². The van der Waals surface area contributed by atoms with Crippen LogP contribution in [0.1, 0.15) is 28.4 Å². The zero-order valence-corrected chi connectivity index (χ0v) is 14.8. The highest BCUT2D eigenvalue weighted by atomic mass is 16.5. The minimum atomic E-state index is -0.942. The van der Waals surface area contributed by atoms with Crippen LogP contribution in [-0.4, -0.2) is 30.4 Å². The van der Waals surface area contributed by atoms with E-state index in [4.69, 9.17) is 4.74 Å². The Labute approximate surface area is 152 Å². The fraction of sp³-hybridized carbons (Fsp3) is 0.250. The van der Waals surface area contributed by atoms with Gasteiger partial charge in [0.1, 0.15) is 6.54 Å². The first kappa shape index (κ1) is 19.2. The summed E-state index contributed by atoms with van der Waals surface area (Å²) in [6.07, 6.45) is -0.942. The van der Waals surface area contributed by atoms with Gasteiger partial charge in [0.25, 0.3) is 11.8 Å². The van der Waals surface area contributed by atoms with E-state index in [-0.39, 0.29) is 12.5 Å². The van der Waals surface area contributed by atoms with Gasteiger partial charge < -0.3 is 15.4 Å². The van der Waals surface area contributed by atoms with E-state index in [0.717, 1.165) is 11.1 Å². The number of ether oxygens (including phenoxy) is 1. The molecular weight excluding hydrogens is 332 g/mol. The van der Waals surface area contributed by atoms with Gasteiger partial charge in [-0.2, -0.15) is 0 Å². The molecule has 0 saturated carbocycles. The van der Waals surface area contributed by atoms with Crippen LogP contribution in [-0.2, 0) is 20.9 Å². The molecule has 0 aliphatic rings. The Morgan fingerprint density at radius 3 is 2.27 bits per heavy atom. The highest BCUT2D eigenvalue weighted by Gasteiger charge is 2.18. The van der Waals surface area contributed by atoms with Crippen LogP contribution in [0.4, 0.5) is 0 Å². The molecule has 0 heterocycles. The molecule has 2 aromatic rings. The molecule has 26 heavy (non-hydrogen) atoms. The molecule has 1 atom stereocenters. The predicted molar refractivity (Wildman–Crippen MR) is 97.4 cm³/mol. The lowest BCUT2D eigenvalue weighted by Crippen LogP contribution is -2.38. The van der Waals surface area contributed by atoms with Gasteiger partial charge in [-0.15, -0.1) is 0 Å². The molecule has 0 aliphatic heterocycles. The van der Waals surface area contributed by atoms with E-state index >= 15 is 0 Å². The molecule has 6 nitrogen and oxygen atoms in total. The lowest BCUT2D eigenvalue weighted by Gasteiger charge is -2.14. The second-order valence-electron chi connectivity index (χ2n) is 5.88. The van der Waals surface area contributed by atoms with Crippen LogP contribution >= 0.6 is 0 Å². The van der Waals surface area contributed by atoms with Gasteiger partial charge in [0.15, 0.2) is 6.10 Å². The van der Waals surface area contributed by atoms with Crippen molar-refractivity contribution in [1.82, 2.24) is 10.6 Å². The third-order valence-corrected chi connectivity index (χ3v) is 3.69. The fourth-order valence-electron chi connectivity index (χ4n) is 2.18. The summed E-state index contributed by atoms with van der Waals surface area (Å²) in [7, 11) is 0. The predicted octanol–water partition coefficient (Wildman–Crippen LogP) is 1.97. The average Bonchev–Trinajstić information content (AvgIpc) is 2.65. The van der Waals surface area contributed by atoms with Gasteiger partial charge in [-0.25, -0.2) is 0 Å². The Balaban J connectivity index is 1.73. The standard InChI is InChI=1S/C20H22N2O4/c1-14-8-10-17(11-9-14)20(25)22-13-18(23)26-15(2)19(24)21-12-16-6-4-3-5-7-16/h3-11,15H,12-13H2,1-2H3,(H,21,24)(H,22,25). The molecule has 0 radical (unpaired) electrons. The van der Waals surface area contributed by atoms with Crippen LogP contribution in [0.2, 0.25) is 0 Å².